The number of rotatable bonds is 9. The van der Waals surface area contributed by atoms with Crippen LogP contribution in [0, 0.1) is 0 Å². The smallest absolute Gasteiger partial charge is 0.363 e. The van der Waals surface area contributed by atoms with Gasteiger partial charge in [-0.3, -0.25) is 0 Å². The normalized spacial score (nSPS) is 14.7. The number of hydrogen-bond donors (Lipinski definition) is 0. The minimum atomic E-state index is -0.474. The lowest BCUT2D eigenvalue weighted by Gasteiger charge is -2.12. The molecule has 29 heavy (non-hydrogen) atoms. The van der Waals surface area contributed by atoms with Crippen molar-refractivity contribution in [3.63, 3.8) is 0 Å². The Morgan fingerprint density at radius 2 is 1.93 bits per heavy atom. The van der Waals surface area contributed by atoms with Crippen LogP contribution in [0.15, 0.2) is 57.6 Å². The number of nitrogens with zero attached hydrogens (tertiary/aromatic N) is 1. The molecule has 0 fully saturated rings. The summed E-state index contributed by atoms with van der Waals surface area (Å²) in [5.74, 6) is 1.18. The SMILES string of the molecule is CCCCCOc1ccc(/C=C2\N=C(c3cccc(Br)c3)OC2=O)cc1OCC. The van der Waals surface area contributed by atoms with Crippen molar-refractivity contribution in [3.8, 4) is 11.5 Å². The van der Waals surface area contributed by atoms with Gasteiger partial charge in [-0.25, -0.2) is 9.79 Å². The van der Waals surface area contributed by atoms with Crippen LogP contribution in [0.2, 0.25) is 0 Å². The van der Waals surface area contributed by atoms with Gasteiger partial charge in [-0.15, -0.1) is 0 Å². The van der Waals surface area contributed by atoms with E-state index in [-0.39, 0.29) is 5.70 Å². The monoisotopic (exact) mass is 457 g/mol. The third kappa shape index (κ3) is 5.70. The van der Waals surface area contributed by atoms with Gasteiger partial charge in [0.05, 0.1) is 13.2 Å². The van der Waals surface area contributed by atoms with Crippen LogP contribution in [0.4, 0.5) is 0 Å². The first-order chi connectivity index (χ1) is 14.1. The van der Waals surface area contributed by atoms with Crippen molar-refractivity contribution in [1.82, 2.24) is 0 Å². The van der Waals surface area contributed by atoms with Gasteiger partial charge in [0.15, 0.2) is 17.2 Å². The van der Waals surface area contributed by atoms with Crippen molar-refractivity contribution in [1.29, 1.82) is 0 Å². The maximum atomic E-state index is 12.3. The molecule has 0 amide bonds. The number of cyclic esters (lactones) is 1. The predicted octanol–water partition coefficient (Wildman–Crippen LogP) is 5.76. The zero-order chi connectivity index (χ0) is 20.6. The van der Waals surface area contributed by atoms with Gasteiger partial charge in [0, 0.05) is 10.0 Å². The summed E-state index contributed by atoms with van der Waals surface area (Å²) >= 11 is 3.41. The van der Waals surface area contributed by atoms with Crippen molar-refractivity contribution < 1.29 is 19.0 Å². The minimum Gasteiger partial charge on any atom is -0.490 e. The Morgan fingerprint density at radius 3 is 2.69 bits per heavy atom. The second-order valence-electron chi connectivity index (χ2n) is 6.54. The van der Waals surface area contributed by atoms with Crippen LogP contribution in [0.5, 0.6) is 11.5 Å². The maximum Gasteiger partial charge on any atom is 0.363 e. The van der Waals surface area contributed by atoms with Gasteiger partial charge in [0.2, 0.25) is 5.90 Å². The maximum absolute atomic E-state index is 12.3. The highest BCUT2D eigenvalue weighted by atomic mass is 79.9. The van der Waals surface area contributed by atoms with Crippen LogP contribution in [-0.2, 0) is 9.53 Å². The van der Waals surface area contributed by atoms with Gasteiger partial charge in [-0.1, -0.05) is 47.8 Å². The van der Waals surface area contributed by atoms with Crippen LogP contribution in [0.3, 0.4) is 0 Å². The Bertz CT molecular complexity index is 936. The van der Waals surface area contributed by atoms with Crippen LogP contribution in [-0.4, -0.2) is 25.1 Å². The second-order valence-corrected chi connectivity index (χ2v) is 7.46. The molecule has 1 aliphatic rings. The topological polar surface area (TPSA) is 57.1 Å². The third-order valence-corrected chi connectivity index (χ3v) is 4.76. The summed E-state index contributed by atoms with van der Waals surface area (Å²) in [6.45, 7) is 5.26. The molecule has 1 heterocycles. The summed E-state index contributed by atoms with van der Waals surface area (Å²) in [6, 6.07) is 13.1. The number of benzene rings is 2. The number of halogens is 1. The van der Waals surface area contributed by atoms with E-state index in [1.165, 1.54) is 0 Å². The lowest BCUT2D eigenvalue weighted by atomic mass is 10.1. The van der Waals surface area contributed by atoms with E-state index in [9.17, 15) is 4.79 Å². The fourth-order valence-electron chi connectivity index (χ4n) is 2.85. The molecule has 0 saturated heterocycles. The zero-order valence-corrected chi connectivity index (χ0v) is 18.2. The molecule has 3 rings (SSSR count). The number of unbranched alkanes of at least 4 members (excludes halogenated alkanes) is 2. The Balaban J connectivity index is 1.81. The van der Waals surface area contributed by atoms with E-state index in [4.69, 9.17) is 14.2 Å². The van der Waals surface area contributed by atoms with Gasteiger partial charge in [-0.05, 0) is 55.3 Å². The summed E-state index contributed by atoms with van der Waals surface area (Å²) in [5, 5.41) is 0. The summed E-state index contributed by atoms with van der Waals surface area (Å²) < 4.78 is 17.8. The molecule has 0 aliphatic carbocycles. The van der Waals surface area contributed by atoms with Crippen molar-refractivity contribution in [3.05, 3.63) is 63.8 Å². The minimum absolute atomic E-state index is 0.249. The first-order valence-corrected chi connectivity index (χ1v) is 10.6. The van der Waals surface area contributed by atoms with E-state index in [0.29, 0.717) is 30.6 Å². The van der Waals surface area contributed by atoms with Gasteiger partial charge in [0.1, 0.15) is 0 Å². The highest BCUT2D eigenvalue weighted by Crippen LogP contribution is 2.30. The Morgan fingerprint density at radius 1 is 1.07 bits per heavy atom. The molecule has 0 atom stereocenters. The van der Waals surface area contributed by atoms with Crippen LogP contribution >= 0.6 is 15.9 Å². The lowest BCUT2D eigenvalue weighted by Crippen LogP contribution is -2.05. The van der Waals surface area contributed by atoms with E-state index in [1.54, 1.807) is 6.08 Å². The summed E-state index contributed by atoms with van der Waals surface area (Å²) in [7, 11) is 0. The van der Waals surface area contributed by atoms with E-state index in [2.05, 4.69) is 27.8 Å². The average molecular weight is 458 g/mol. The van der Waals surface area contributed by atoms with Crippen LogP contribution < -0.4 is 9.47 Å². The highest BCUT2D eigenvalue weighted by Gasteiger charge is 2.24. The molecule has 0 spiro atoms. The number of carbonyl (C=O) groups is 1. The molecule has 0 N–H and O–H groups in total. The van der Waals surface area contributed by atoms with Crippen molar-refractivity contribution >= 4 is 33.9 Å². The van der Waals surface area contributed by atoms with E-state index < -0.39 is 5.97 Å². The molecule has 5 nitrogen and oxygen atoms in total. The number of ether oxygens (including phenoxy) is 3. The van der Waals surface area contributed by atoms with Crippen LogP contribution in [0.25, 0.3) is 6.08 Å². The molecule has 0 radical (unpaired) electrons. The number of esters is 1. The van der Waals surface area contributed by atoms with Crippen molar-refractivity contribution in [2.75, 3.05) is 13.2 Å². The molecular weight excluding hydrogens is 434 g/mol. The molecule has 0 bridgehead atoms. The molecular formula is C23H24BrNO4. The lowest BCUT2D eigenvalue weighted by molar-refractivity contribution is -0.129. The van der Waals surface area contributed by atoms with Gasteiger partial charge in [-0.2, -0.15) is 0 Å². The largest absolute Gasteiger partial charge is 0.490 e. The summed E-state index contributed by atoms with van der Waals surface area (Å²) in [6.07, 6.45) is 4.98. The first kappa shape index (κ1) is 21.1. The van der Waals surface area contributed by atoms with E-state index in [0.717, 1.165) is 34.9 Å². The van der Waals surface area contributed by atoms with E-state index >= 15 is 0 Å². The Labute approximate surface area is 179 Å². The van der Waals surface area contributed by atoms with Crippen molar-refractivity contribution in [2.45, 2.75) is 33.1 Å². The van der Waals surface area contributed by atoms with Gasteiger partial charge < -0.3 is 14.2 Å². The standard InChI is InChI=1S/C23H24BrNO4/c1-3-5-6-12-28-20-11-10-16(14-21(20)27-4-2)13-19-23(26)29-22(25-19)17-8-7-9-18(24)15-17/h7-11,13-15H,3-6,12H2,1-2H3/b19-13-. The zero-order valence-electron chi connectivity index (χ0n) is 16.6. The Hall–Kier alpha value is -2.60. The van der Waals surface area contributed by atoms with Crippen molar-refractivity contribution in [2.24, 2.45) is 4.99 Å². The average Bonchev–Trinajstić information content (AvgIpc) is 3.07. The molecule has 2 aromatic carbocycles. The molecule has 0 aromatic heterocycles. The van der Waals surface area contributed by atoms with Crippen LogP contribution in [0.1, 0.15) is 44.2 Å². The molecule has 1 aliphatic heterocycles. The quantitative estimate of drug-likeness (QED) is 0.272. The predicted molar refractivity (Wildman–Crippen MR) is 117 cm³/mol. The summed E-state index contributed by atoms with van der Waals surface area (Å²) in [5.41, 5.74) is 1.78. The van der Waals surface area contributed by atoms with E-state index in [1.807, 2.05) is 49.4 Å². The number of carbonyl (C=O) groups excluding carboxylic acids is 1. The van der Waals surface area contributed by atoms with Gasteiger partial charge in [0.25, 0.3) is 0 Å². The molecule has 0 saturated carbocycles. The fraction of sp³-hybridized carbons (Fsp3) is 0.304. The van der Waals surface area contributed by atoms with Gasteiger partial charge >= 0.3 is 5.97 Å². The molecule has 152 valence electrons. The number of hydrogen-bond acceptors (Lipinski definition) is 5. The first-order valence-electron chi connectivity index (χ1n) is 9.79. The Kier molecular flexibility index (Phi) is 7.47. The molecule has 2 aromatic rings. The summed E-state index contributed by atoms with van der Waals surface area (Å²) in [4.78, 5) is 16.6. The third-order valence-electron chi connectivity index (χ3n) is 4.27. The number of aliphatic imine (C=N–C) groups is 1. The highest BCUT2D eigenvalue weighted by molar-refractivity contribution is 9.10. The fourth-order valence-corrected chi connectivity index (χ4v) is 3.25. The molecule has 6 heteroatoms. The molecule has 0 unspecified atom stereocenters. The second kappa shape index (κ2) is 10.3.